The molecule has 2 aromatic rings. The molecule has 0 aliphatic rings. The summed E-state index contributed by atoms with van der Waals surface area (Å²) in [5, 5.41) is 8.35. The molecule has 26 heavy (non-hydrogen) atoms. The van der Waals surface area contributed by atoms with Gasteiger partial charge < -0.3 is 16.0 Å². The largest absolute Gasteiger partial charge is 0.326 e. The summed E-state index contributed by atoms with van der Waals surface area (Å²) in [4.78, 5) is 35.3. The number of halogens is 1. The van der Waals surface area contributed by atoms with E-state index in [4.69, 9.17) is 11.6 Å². The molecule has 6 nitrogen and oxygen atoms in total. The first kappa shape index (κ1) is 19.5. The van der Waals surface area contributed by atoms with Gasteiger partial charge in [-0.15, -0.1) is 0 Å². The molecule has 0 radical (unpaired) electrons. The molecule has 0 unspecified atom stereocenters. The van der Waals surface area contributed by atoms with E-state index in [2.05, 4.69) is 16.0 Å². The third kappa shape index (κ3) is 5.60. The molecular formula is C19H20ClN3O3. The fraction of sp³-hybridized carbons (Fsp3) is 0.211. The van der Waals surface area contributed by atoms with Gasteiger partial charge in [0, 0.05) is 18.3 Å². The Morgan fingerprint density at radius 1 is 0.923 bits per heavy atom. The van der Waals surface area contributed by atoms with Crippen LogP contribution in [0, 0.1) is 13.8 Å². The van der Waals surface area contributed by atoms with Gasteiger partial charge in [-0.25, -0.2) is 0 Å². The molecule has 0 saturated heterocycles. The molecule has 0 bridgehead atoms. The van der Waals surface area contributed by atoms with Crippen LogP contribution in [0.3, 0.4) is 0 Å². The number of rotatable bonds is 5. The Balaban J connectivity index is 1.98. The van der Waals surface area contributed by atoms with Crippen LogP contribution in [0.25, 0.3) is 0 Å². The molecule has 3 amide bonds. The van der Waals surface area contributed by atoms with Gasteiger partial charge >= 0.3 is 0 Å². The maximum absolute atomic E-state index is 12.1. The van der Waals surface area contributed by atoms with Crippen LogP contribution in [0.15, 0.2) is 36.4 Å². The average molecular weight is 374 g/mol. The second kappa shape index (κ2) is 8.49. The monoisotopic (exact) mass is 373 g/mol. The van der Waals surface area contributed by atoms with E-state index in [0.29, 0.717) is 22.1 Å². The van der Waals surface area contributed by atoms with Gasteiger partial charge in [-0.1, -0.05) is 23.7 Å². The lowest BCUT2D eigenvalue weighted by Crippen LogP contribution is -2.22. The van der Waals surface area contributed by atoms with Crippen LogP contribution in [0.4, 0.5) is 17.1 Å². The molecule has 0 spiro atoms. The zero-order chi connectivity index (χ0) is 19.3. The first-order valence-corrected chi connectivity index (χ1v) is 8.36. The van der Waals surface area contributed by atoms with Crippen LogP contribution in [0.5, 0.6) is 0 Å². The summed E-state index contributed by atoms with van der Waals surface area (Å²) in [6, 6.07) is 10.3. The molecule has 2 rings (SSSR count). The van der Waals surface area contributed by atoms with Crippen molar-refractivity contribution in [3.05, 3.63) is 52.5 Å². The summed E-state index contributed by atoms with van der Waals surface area (Å²) < 4.78 is 0. The molecule has 0 atom stereocenters. The standard InChI is InChI=1S/C19H20ClN3O3/c1-11-7-12(2)19(16(20)8-11)23-18(26)10-17(25)22-15-6-4-5-14(9-15)21-13(3)24/h4-9H,10H2,1-3H3,(H,21,24)(H,22,25)(H,23,26). The summed E-state index contributed by atoms with van der Waals surface area (Å²) in [7, 11) is 0. The van der Waals surface area contributed by atoms with Crippen molar-refractivity contribution in [2.24, 2.45) is 0 Å². The van der Waals surface area contributed by atoms with E-state index in [0.717, 1.165) is 11.1 Å². The Morgan fingerprint density at radius 3 is 2.15 bits per heavy atom. The van der Waals surface area contributed by atoms with Crippen molar-refractivity contribution >= 4 is 46.4 Å². The lowest BCUT2D eigenvalue weighted by Gasteiger charge is -2.12. The molecule has 0 saturated carbocycles. The smallest absolute Gasteiger partial charge is 0.233 e. The Labute approximate surface area is 156 Å². The Bertz CT molecular complexity index is 842. The van der Waals surface area contributed by atoms with Crippen molar-refractivity contribution in [2.75, 3.05) is 16.0 Å². The third-order valence-electron chi connectivity index (χ3n) is 3.48. The maximum Gasteiger partial charge on any atom is 0.233 e. The molecule has 0 fully saturated rings. The van der Waals surface area contributed by atoms with Gasteiger partial charge in [-0.3, -0.25) is 14.4 Å². The fourth-order valence-electron chi connectivity index (χ4n) is 2.49. The zero-order valence-electron chi connectivity index (χ0n) is 14.8. The molecule has 136 valence electrons. The molecule has 2 aromatic carbocycles. The highest BCUT2D eigenvalue weighted by atomic mass is 35.5. The van der Waals surface area contributed by atoms with Crippen LogP contribution >= 0.6 is 11.6 Å². The second-order valence-electron chi connectivity index (χ2n) is 5.97. The van der Waals surface area contributed by atoms with E-state index in [1.165, 1.54) is 6.92 Å². The Kier molecular flexibility index (Phi) is 6.36. The predicted octanol–water partition coefficient (Wildman–Crippen LogP) is 3.88. The van der Waals surface area contributed by atoms with Crippen molar-refractivity contribution in [3.8, 4) is 0 Å². The predicted molar refractivity (Wildman–Crippen MR) is 104 cm³/mol. The quantitative estimate of drug-likeness (QED) is 0.695. The minimum absolute atomic E-state index is 0.210. The maximum atomic E-state index is 12.1. The summed E-state index contributed by atoms with van der Waals surface area (Å²) in [5.74, 6) is -1.14. The van der Waals surface area contributed by atoms with E-state index in [1.54, 1.807) is 30.3 Å². The summed E-state index contributed by atoms with van der Waals surface area (Å²) in [6.45, 7) is 5.14. The highest BCUT2D eigenvalue weighted by Gasteiger charge is 2.13. The zero-order valence-corrected chi connectivity index (χ0v) is 15.5. The van der Waals surface area contributed by atoms with Gasteiger partial charge in [0.25, 0.3) is 0 Å². The second-order valence-corrected chi connectivity index (χ2v) is 6.38. The Hall–Kier alpha value is -2.86. The van der Waals surface area contributed by atoms with Crippen LogP contribution in [-0.4, -0.2) is 17.7 Å². The van der Waals surface area contributed by atoms with Gasteiger partial charge in [0.1, 0.15) is 6.42 Å². The molecule has 0 aliphatic carbocycles. The Morgan fingerprint density at radius 2 is 1.54 bits per heavy atom. The van der Waals surface area contributed by atoms with Crippen LogP contribution in [0.1, 0.15) is 24.5 Å². The van der Waals surface area contributed by atoms with Gasteiger partial charge in [0.15, 0.2) is 0 Å². The average Bonchev–Trinajstić information content (AvgIpc) is 2.50. The SMILES string of the molecule is CC(=O)Nc1cccc(NC(=O)CC(=O)Nc2c(C)cc(C)cc2Cl)c1. The van der Waals surface area contributed by atoms with Crippen molar-refractivity contribution in [3.63, 3.8) is 0 Å². The van der Waals surface area contributed by atoms with Crippen LogP contribution in [0.2, 0.25) is 5.02 Å². The molecule has 0 heterocycles. The molecular weight excluding hydrogens is 354 g/mol. The normalized spacial score (nSPS) is 10.2. The number of benzene rings is 2. The third-order valence-corrected chi connectivity index (χ3v) is 3.78. The number of amides is 3. The summed E-state index contributed by atoms with van der Waals surface area (Å²) in [6.07, 6.45) is -0.353. The number of hydrogen-bond acceptors (Lipinski definition) is 3. The highest BCUT2D eigenvalue weighted by molar-refractivity contribution is 6.34. The van der Waals surface area contributed by atoms with Gasteiger partial charge in [-0.2, -0.15) is 0 Å². The number of aryl methyl sites for hydroxylation is 2. The van der Waals surface area contributed by atoms with Crippen LogP contribution in [-0.2, 0) is 14.4 Å². The lowest BCUT2D eigenvalue weighted by molar-refractivity contribution is -0.123. The summed E-state index contributed by atoms with van der Waals surface area (Å²) >= 11 is 6.15. The van der Waals surface area contributed by atoms with Gasteiger partial charge in [0.05, 0.1) is 10.7 Å². The van der Waals surface area contributed by atoms with E-state index >= 15 is 0 Å². The number of nitrogens with one attached hydrogen (secondary N) is 3. The van der Waals surface area contributed by atoms with Gasteiger partial charge in [-0.05, 0) is 49.2 Å². The van der Waals surface area contributed by atoms with E-state index in [1.807, 2.05) is 19.9 Å². The summed E-state index contributed by atoms with van der Waals surface area (Å²) in [5.41, 5.74) is 3.36. The number of carbonyl (C=O) groups excluding carboxylic acids is 3. The first-order chi connectivity index (χ1) is 12.2. The number of hydrogen-bond donors (Lipinski definition) is 3. The number of anilines is 3. The van der Waals surface area contributed by atoms with Gasteiger partial charge in [0.2, 0.25) is 17.7 Å². The van der Waals surface area contributed by atoms with Crippen LogP contribution < -0.4 is 16.0 Å². The fourth-order valence-corrected chi connectivity index (χ4v) is 2.86. The highest BCUT2D eigenvalue weighted by Crippen LogP contribution is 2.27. The van der Waals surface area contributed by atoms with Crippen molar-refractivity contribution in [2.45, 2.75) is 27.2 Å². The van der Waals surface area contributed by atoms with Crippen molar-refractivity contribution < 1.29 is 14.4 Å². The van der Waals surface area contributed by atoms with Crippen molar-refractivity contribution in [1.82, 2.24) is 0 Å². The first-order valence-electron chi connectivity index (χ1n) is 7.98. The molecule has 0 aromatic heterocycles. The minimum atomic E-state index is -0.469. The van der Waals surface area contributed by atoms with E-state index < -0.39 is 11.8 Å². The van der Waals surface area contributed by atoms with Crippen molar-refractivity contribution in [1.29, 1.82) is 0 Å². The lowest BCUT2D eigenvalue weighted by atomic mass is 10.1. The topological polar surface area (TPSA) is 87.3 Å². The molecule has 3 N–H and O–H groups in total. The molecule has 7 heteroatoms. The molecule has 0 aliphatic heterocycles. The number of carbonyl (C=O) groups is 3. The minimum Gasteiger partial charge on any atom is -0.326 e. The van der Waals surface area contributed by atoms with E-state index in [9.17, 15) is 14.4 Å². The van der Waals surface area contributed by atoms with E-state index in [-0.39, 0.29) is 12.3 Å².